The highest BCUT2D eigenvalue weighted by molar-refractivity contribution is 6.31. The molecule has 0 aliphatic rings. The van der Waals surface area contributed by atoms with Crippen LogP contribution >= 0.6 is 11.6 Å². The minimum atomic E-state index is -0.455. The summed E-state index contributed by atoms with van der Waals surface area (Å²) in [5, 5.41) is 19.1. The molecular formula is C16H10ClN3. The zero-order chi connectivity index (χ0) is 13.9. The maximum atomic E-state index is 9.56. The molecule has 0 aliphatic carbocycles. The second kappa shape index (κ2) is 5.28. The summed E-state index contributed by atoms with van der Waals surface area (Å²) in [4.78, 5) is 0. The number of hydrogen-bond donors (Lipinski definition) is 0. The number of nitriles is 1. The van der Waals surface area contributed by atoms with E-state index in [1.807, 2.05) is 42.5 Å². The Balaban J connectivity index is 2.23. The van der Waals surface area contributed by atoms with Gasteiger partial charge in [0, 0.05) is 16.0 Å². The average Bonchev–Trinajstić information content (AvgIpc) is 2.50. The number of halogens is 1. The van der Waals surface area contributed by atoms with Gasteiger partial charge in [0.15, 0.2) is 0 Å². The predicted octanol–water partition coefficient (Wildman–Crippen LogP) is 3.94. The lowest BCUT2D eigenvalue weighted by atomic mass is 9.91. The number of nitrogens with zero attached hydrogens (tertiary/aromatic N) is 3. The van der Waals surface area contributed by atoms with Crippen LogP contribution in [0.15, 0.2) is 54.7 Å². The molecule has 3 aromatic rings. The first-order valence-corrected chi connectivity index (χ1v) is 6.53. The Morgan fingerprint density at radius 3 is 2.55 bits per heavy atom. The Bertz CT molecular complexity index is 803. The van der Waals surface area contributed by atoms with Gasteiger partial charge in [0.2, 0.25) is 0 Å². The van der Waals surface area contributed by atoms with Crippen LogP contribution in [0.5, 0.6) is 0 Å². The molecule has 1 atom stereocenters. The van der Waals surface area contributed by atoms with Gasteiger partial charge in [-0.2, -0.15) is 15.5 Å². The van der Waals surface area contributed by atoms with Crippen molar-refractivity contribution < 1.29 is 0 Å². The lowest BCUT2D eigenvalue weighted by Crippen LogP contribution is -2.02. The van der Waals surface area contributed by atoms with E-state index in [2.05, 4.69) is 16.3 Å². The SMILES string of the molecule is N#CC(c1ccccc1Cl)c1cnnc2ccccc12. The Morgan fingerprint density at radius 1 is 1.00 bits per heavy atom. The minimum Gasteiger partial charge on any atom is -0.197 e. The monoisotopic (exact) mass is 279 g/mol. The third-order valence-electron chi connectivity index (χ3n) is 3.23. The van der Waals surface area contributed by atoms with E-state index in [0.29, 0.717) is 5.02 Å². The number of hydrogen-bond acceptors (Lipinski definition) is 3. The molecule has 0 fully saturated rings. The number of fused-ring (bicyclic) bond motifs is 1. The second-order valence-electron chi connectivity index (χ2n) is 4.40. The lowest BCUT2D eigenvalue weighted by molar-refractivity contribution is 0.988. The highest BCUT2D eigenvalue weighted by Crippen LogP contribution is 2.32. The molecule has 96 valence electrons. The highest BCUT2D eigenvalue weighted by atomic mass is 35.5. The second-order valence-corrected chi connectivity index (χ2v) is 4.81. The van der Waals surface area contributed by atoms with Crippen molar-refractivity contribution in [2.24, 2.45) is 0 Å². The van der Waals surface area contributed by atoms with Gasteiger partial charge in [-0.15, -0.1) is 0 Å². The summed E-state index contributed by atoms with van der Waals surface area (Å²) in [6.07, 6.45) is 1.64. The molecule has 20 heavy (non-hydrogen) atoms. The van der Waals surface area contributed by atoms with Crippen LogP contribution in [0.25, 0.3) is 10.9 Å². The highest BCUT2D eigenvalue weighted by Gasteiger charge is 2.19. The molecule has 0 bridgehead atoms. The summed E-state index contributed by atoms with van der Waals surface area (Å²) in [7, 11) is 0. The summed E-state index contributed by atoms with van der Waals surface area (Å²) in [5.41, 5.74) is 2.39. The van der Waals surface area contributed by atoms with E-state index in [4.69, 9.17) is 11.6 Å². The largest absolute Gasteiger partial charge is 0.197 e. The predicted molar refractivity (Wildman–Crippen MR) is 78.4 cm³/mol. The first-order chi connectivity index (χ1) is 9.81. The molecule has 0 radical (unpaired) electrons. The van der Waals surface area contributed by atoms with E-state index >= 15 is 0 Å². The molecule has 1 aromatic heterocycles. The molecule has 0 saturated carbocycles. The van der Waals surface area contributed by atoms with Gasteiger partial charge >= 0.3 is 0 Å². The zero-order valence-corrected chi connectivity index (χ0v) is 11.2. The molecule has 0 spiro atoms. The Kier molecular flexibility index (Phi) is 3.32. The summed E-state index contributed by atoms with van der Waals surface area (Å²) in [5.74, 6) is -0.455. The van der Waals surface area contributed by atoms with Crippen molar-refractivity contribution in [3.63, 3.8) is 0 Å². The summed E-state index contributed by atoms with van der Waals surface area (Å²) in [6.45, 7) is 0. The fourth-order valence-electron chi connectivity index (χ4n) is 2.27. The van der Waals surface area contributed by atoms with Gasteiger partial charge in [0.1, 0.15) is 0 Å². The van der Waals surface area contributed by atoms with Crippen molar-refractivity contribution in [2.45, 2.75) is 5.92 Å². The average molecular weight is 280 g/mol. The van der Waals surface area contributed by atoms with Crippen LogP contribution in [0.4, 0.5) is 0 Å². The van der Waals surface area contributed by atoms with Crippen LogP contribution in [0, 0.1) is 11.3 Å². The topological polar surface area (TPSA) is 49.6 Å². The van der Waals surface area contributed by atoms with E-state index in [-0.39, 0.29) is 0 Å². The number of rotatable bonds is 2. The van der Waals surface area contributed by atoms with Gasteiger partial charge in [-0.1, -0.05) is 48.0 Å². The van der Waals surface area contributed by atoms with Crippen molar-refractivity contribution in [2.75, 3.05) is 0 Å². The summed E-state index contributed by atoms with van der Waals surface area (Å²) < 4.78 is 0. The van der Waals surface area contributed by atoms with E-state index in [9.17, 15) is 5.26 Å². The van der Waals surface area contributed by atoms with Crippen molar-refractivity contribution >= 4 is 22.5 Å². The quantitative estimate of drug-likeness (QED) is 0.714. The molecule has 0 N–H and O–H groups in total. The van der Waals surface area contributed by atoms with Crippen LogP contribution in [-0.2, 0) is 0 Å². The Hall–Kier alpha value is -2.44. The third-order valence-corrected chi connectivity index (χ3v) is 3.58. The smallest absolute Gasteiger partial charge is 0.0999 e. The normalized spacial score (nSPS) is 12.0. The van der Waals surface area contributed by atoms with Crippen LogP contribution in [-0.4, -0.2) is 10.2 Å². The number of benzene rings is 2. The standard InChI is InChI=1S/C16H10ClN3/c17-15-7-3-1-5-11(15)13(9-18)14-10-19-20-16-8-4-2-6-12(14)16/h1-8,10,13H. The van der Waals surface area contributed by atoms with Gasteiger partial charge in [0.25, 0.3) is 0 Å². The third kappa shape index (κ3) is 2.11. The Morgan fingerprint density at radius 2 is 1.75 bits per heavy atom. The van der Waals surface area contributed by atoms with Crippen LogP contribution in [0.1, 0.15) is 17.0 Å². The molecule has 4 heteroatoms. The summed E-state index contributed by atoms with van der Waals surface area (Å²) in [6, 6.07) is 17.4. The van der Waals surface area contributed by atoms with Crippen molar-refractivity contribution in [3.05, 3.63) is 70.9 Å². The molecule has 0 saturated heterocycles. The van der Waals surface area contributed by atoms with Gasteiger partial charge < -0.3 is 0 Å². The zero-order valence-electron chi connectivity index (χ0n) is 10.5. The van der Waals surface area contributed by atoms with Crippen LogP contribution < -0.4 is 0 Å². The number of aromatic nitrogens is 2. The molecule has 2 aromatic carbocycles. The maximum absolute atomic E-state index is 9.56. The van der Waals surface area contributed by atoms with Gasteiger partial charge in [-0.05, 0) is 17.7 Å². The fourth-order valence-corrected chi connectivity index (χ4v) is 2.52. The molecule has 1 unspecified atom stereocenters. The van der Waals surface area contributed by atoms with E-state index < -0.39 is 5.92 Å². The van der Waals surface area contributed by atoms with E-state index in [0.717, 1.165) is 22.0 Å². The Labute approximate surface area is 121 Å². The molecular weight excluding hydrogens is 270 g/mol. The molecule has 3 nitrogen and oxygen atoms in total. The van der Waals surface area contributed by atoms with Gasteiger partial charge in [-0.25, -0.2) is 0 Å². The minimum absolute atomic E-state index is 0.455. The summed E-state index contributed by atoms with van der Waals surface area (Å²) >= 11 is 6.21. The first kappa shape index (κ1) is 12.6. The van der Waals surface area contributed by atoms with Gasteiger partial charge in [0.05, 0.1) is 23.7 Å². The van der Waals surface area contributed by atoms with Crippen LogP contribution in [0.3, 0.4) is 0 Å². The van der Waals surface area contributed by atoms with Crippen molar-refractivity contribution in [1.29, 1.82) is 5.26 Å². The fraction of sp³-hybridized carbons (Fsp3) is 0.0625. The molecule has 0 amide bonds. The van der Waals surface area contributed by atoms with Gasteiger partial charge in [-0.3, -0.25) is 0 Å². The maximum Gasteiger partial charge on any atom is 0.0999 e. The van der Waals surface area contributed by atoms with E-state index in [1.165, 1.54) is 0 Å². The first-order valence-electron chi connectivity index (χ1n) is 6.15. The van der Waals surface area contributed by atoms with Crippen LogP contribution in [0.2, 0.25) is 5.02 Å². The molecule has 3 rings (SSSR count). The van der Waals surface area contributed by atoms with Crippen molar-refractivity contribution in [3.8, 4) is 6.07 Å². The molecule has 0 aliphatic heterocycles. The molecule has 1 heterocycles. The van der Waals surface area contributed by atoms with E-state index in [1.54, 1.807) is 12.3 Å². The van der Waals surface area contributed by atoms with Crippen molar-refractivity contribution in [1.82, 2.24) is 10.2 Å². The lowest BCUT2D eigenvalue weighted by Gasteiger charge is -2.13.